The molecule has 2 nitrogen and oxygen atoms in total. The molecule has 1 N–H and O–H groups in total. The first-order chi connectivity index (χ1) is 9.02. The molecular formula is C16H20N2S. The first-order valence-corrected chi connectivity index (χ1v) is 7.13. The average molecular weight is 272 g/mol. The highest BCUT2D eigenvalue weighted by Gasteiger charge is 2.09. The van der Waals surface area contributed by atoms with Crippen LogP contribution >= 0.6 is 12.2 Å². The predicted molar refractivity (Wildman–Crippen MR) is 83.1 cm³/mol. The number of aryl methyl sites for hydroxylation is 1. The fraction of sp³-hybridized carbons (Fsp3) is 0.375. The number of benzene rings is 1. The number of H-pyrrole nitrogens is 1. The minimum atomic E-state index is 0.343. The molecule has 19 heavy (non-hydrogen) atoms. The number of rotatable bonds is 3. The van der Waals surface area contributed by atoms with Crippen LogP contribution in [0.4, 0.5) is 0 Å². The van der Waals surface area contributed by atoms with Crippen LogP contribution in [0.5, 0.6) is 0 Å². The van der Waals surface area contributed by atoms with Crippen LogP contribution in [0.25, 0.3) is 11.3 Å². The Morgan fingerprint density at radius 3 is 2.68 bits per heavy atom. The molecule has 0 aliphatic rings. The molecule has 0 atom stereocenters. The zero-order valence-corrected chi connectivity index (χ0v) is 12.8. The van der Waals surface area contributed by atoms with Gasteiger partial charge < -0.3 is 4.98 Å². The lowest BCUT2D eigenvalue weighted by atomic mass is 10.0. The highest BCUT2D eigenvalue weighted by Crippen LogP contribution is 2.24. The van der Waals surface area contributed by atoms with Crippen LogP contribution in [-0.2, 0) is 6.42 Å². The maximum atomic E-state index is 5.38. The van der Waals surface area contributed by atoms with Crippen molar-refractivity contribution in [3.63, 3.8) is 0 Å². The molecule has 1 heterocycles. The van der Waals surface area contributed by atoms with Gasteiger partial charge in [-0.15, -0.1) is 0 Å². The predicted octanol–water partition coefficient (Wildman–Crippen LogP) is 4.80. The van der Waals surface area contributed by atoms with Gasteiger partial charge in [0.1, 0.15) is 10.5 Å². The maximum absolute atomic E-state index is 5.38. The van der Waals surface area contributed by atoms with Gasteiger partial charge in [-0.3, -0.25) is 0 Å². The molecular weight excluding hydrogens is 252 g/mol. The molecule has 0 spiro atoms. The van der Waals surface area contributed by atoms with E-state index in [0.717, 1.165) is 23.5 Å². The van der Waals surface area contributed by atoms with Gasteiger partial charge >= 0.3 is 0 Å². The highest BCUT2D eigenvalue weighted by atomic mass is 32.1. The molecule has 0 saturated heterocycles. The Morgan fingerprint density at radius 1 is 1.32 bits per heavy atom. The van der Waals surface area contributed by atoms with Gasteiger partial charge in [-0.25, -0.2) is 4.98 Å². The van der Waals surface area contributed by atoms with Crippen molar-refractivity contribution in [3.05, 3.63) is 45.9 Å². The first-order valence-electron chi connectivity index (χ1n) is 6.73. The number of hydrogen-bond donors (Lipinski definition) is 1. The summed E-state index contributed by atoms with van der Waals surface area (Å²) in [5.74, 6) is 1.29. The molecule has 0 saturated carbocycles. The normalized spacial score (nSPS) is 11.0. The van der Waals surface area contributed by atoms with Crippen LogP contribution < -0.4 is 0 Å². The van der Waals surface area contributed by atoms with Crippen molar-refractivity contribution in [1.29, 1.82) is 0 Å². The SMILES string of the molecule is CCc1cccc(-c2[nH]c(C(C)C)nc(=S)c2C)c1. The molecule has 0 radical (unpaired) electrons. The third kappa shape index (κ3) is 2.92. The van der Waals surface area contributed by atoms with Crippen LogP contribution in [0.3, 0.4) is 0 Å². The largest absolute Gasteiger partial charge is 0.343 e. The number of hydrogen-bond acceptors (Lipinski definition) is 2. The lowest BCUT2D eigenvalue weighted by Gasteiger charge is -2.12. The molecule has 3 heteroatoms. The van der Waals surface area contributed by atoms with E-state index in [-0.39, 0.29) is 0 Å². The molecule has 2 rings (SSSR count). The molecule has 1 aromatic heterocycles. The second-order valence-corrected chi connectivity index (χ2v) is 5.52. The molecule has 2 aromatic rings. The van der Waals surface area contributed by atoms with E-state index in [9.17, 15) is 0 Å². The molecule has 0 aliphatic carbocycles. The van der Waals surface area contributed by atoms with Crippen LogP contribution in [-0.4, -0.2) is 9.97 Å². The van der Waals surface area contributed by atoms with Crippen molar-refractivity contribution in [2.45, 2.75) is 40.0 Å². The Balaban J connectivity index is 2.63. The molecule has 0 unspecified atom stereocenters. The topological polar surface area (TPSA) is 28.7 Å². The Labute approximate surface area is 119 Å². The third-order valence-corrected chi connectivity index (χ3v) is 3.74. The Bertz CT molecular complexity index is 641. The maximum Gasteiger partial charge on any atom is 0.133 e. The van der Waals surface area contributed by atoms with E-state index in [2.05, 4.69) is 55.0 Å². The molecule has 100 valence electrons. The van der Waals surface area contributed by atoms with Crippen LogP contribution in [0.2, 0.25) is 0 Å². The standard InChI is InChI=1S/C16H20N2S/c1-5-12-7-6-8-13(9-12)14-11(4)16(19)18-15(17-14)10(2)3/h6-10H,5H2,1-4H3,(H,17,18,19). The summed E-state index contributed by atoms with van der Waals surface area (Å²) in [5, 5.41) is 0. The van der Waals surface area contributed by atoms with Gasteiger partial charge in [-0.05, 0) is 30.5 Å². The van der Waals surface area contributed by atoms with Crippen LogP contribution in [0.15, 0.2) is 24.3 Å². The van der Waals surface area contributed by atoms with Gasteiger partial charge in [-0.1, -0.05) is 51.2 Å². The number of nitrogens with one attached hydrogen (secondary N) is 1. The van der Waals surface area contributed by atoms with Gasteiger partial charge in [0, 0.05) is 11.5 Å². The summed E-state index contributed by atoms with van der Waals surface area (Å²) in [6.45, 7) is 8.44. The minimum absolute atomic E-state index is 0.343. The highest BCUT2D eigenvalue weighted by molar-refractivity contribution is 7.71. The van der Waals surface area contributed by atoms with Crippen molar-refractivity contribution in [1.82, 2.24) is 9.97 Å². The number of aromatic amines is 1. The minimum Gasteiger partial charge on any atom is -0.343 e. The summed E-state index contributed by atoms with van der Waals surface area (Å²) in [7, 11) is 0. The van der Waals surface area contributed by atoms with E-state index in [1.54, 1.807) is 0 Å². The van der Waals surface area contributed by atoms with Crippen LogP contribution in [0.1, 0.15) is 43.6 Å². The number of nitrogens with zero attached hydrogens (tertiary/aromatic N) is 1. The van der Waals surface area contributed by atoms with E-state index >= 15 is 0 Å². The van der Waals surface area contributed by atoms with Crippen molar-refractivity contribution in [2.75, 3.05) is 0 Å². The fourth-order valence-corrected chi connectivity index (χ4v) is 2.26. The van der Waals surface area contributed by atoms with Gasteiger partial charge in [0.05, 0.1) is 5.69 Å². The first kappa shape index (κ1) is 13.9. The Morgan fingerprint density at radius 2 is 2.05 bits per heavy atom. The lowest BCUT2D eigenvalue weighted by molar-refractivity contribution is 0.770. The van der Waals surface area contributed by atoms with E-state index in [1.807, 2.05) is 6.92 Å². The smallest absolute Gasteiger partial charge is 0.133 e. The van der Waals surface area contributed by atoms with Crippen molar-refractivity contribution in [3.8, 4) is 11.3 Å². The zero-order chi connectivity index (χ0) is 14.0. The fourth-order valence-electron chi connectivity index (χ4n) is 2.06. The Kier molecular flexibility index (Phi) is 4.15. The monoisotopic (exact) mass is 272 g/mol. The summed E-state index contributed by atoms with van der Waals surface area (Å²) >= 11 is 5.38. The van der Waals surface area contributed by atoms with Gasteiger partial charge in [-0.2, -0.15) is 0 Å². The summed E-state index contributed by atoms with van der Waals surface area (Å²) < 4.78 is 0.694. The molecule has 1 aromatic carbocycles. The summed E-state index contributed by atoms with van der Waals surface area (Å²) in [6.07, 6.45) is 1.04. The second kappa shape index (κ2) is 5.66. The summed E-state index contributed by atoms with van der Waals surface area (Å²) in [6, 6.07) is 8.59. The van der Waals surface area contributed by atoms with Gasteiger partial charge in [0.15, 0.2) is 0 Å². The average Bonchev–Trinajstić information content (AvgIpc) is 2.41. The molecule has 0 fully saturated rings. The third-order valence-electron chi connectivity index (χ3n) is 3.34. The van der Waals surface area contributed by atoms with Crippen molar-refractivity contribution in [2.24, 2.45) is 0 Å². The van der Waals surface area contributed by atoms with E-state index < -0.39 is 0 Å². The Hall–Kier alpha value is -1.48. The van der Waals surface area contributed by atoms with E-state index in [4.69, 9.17) is 12.2 Å². The quantitative estimate of drug-likeness (QED) is 0.813. The molecule has 0 bridgehead atoms. The lowest BCUT2D eigenvalue weighted by Crippen LogP contribution is -2.02. The van der Waals surface area contributed by atoms with Crippen molar-refractivity contribution >= 4 is 12.2 Å². The van der Waals surface area contributed by atoms with E-state index in [0.29, 0.717) is 10.6 Å². The summed E-state index contributed by atoms with van der Waals surface area (Å²) in [4.78, 5) is 7.90. The molecule has 0 amide bonds. The summed E-state index contributed by atoms with van der Waals surface area (Å²) in [5.41, 5.74) is 4.66. The van der Waals surface area contributed by atoms with Gasteiger partial charge in [0.25, 0.3) is 0 Å². The molecule has 0 aliphatic heterocycles. The van der Waals surface area contributed by atoms with Gasteiger partial charge in [0.2, 0.25) is 0 Å². The van der Waals surface area contributed by atoms with Crippen molar-refractivity contribution < 1.29 is 0 Å². The second-order valence-electron chi connectivity index (χ2n) is 5.14. The van der Waals surface area contributed by atoms with E-state index in [1.165, 1.54) is 11.1 Å². The number of aromatic nitrogens is 2. The van der Waals surface area contributed by atoms with Crippen LogP contribution in [0, 0.1) is 11.6 Å². The zero-order valence-electron chi connectivity index (χ0n) is 11.9.